The number of hydrogen-bond donors (Lipinski definition) is 2. The van der Waals surface area contributed by atoms with Gasteiger partial charge in [-0.1, -0.05) is 30.0 Å². The van der Waals surface area contributed by atoms with Gasteiger partial charge in [0.05, 0.1) is 11.1 Å². The summed E-state index contributed by atoms with van der Waals surface area (Å²) < 4.78 is 86.4. The zero-order valence-corrected chi connectivity index (χ0v) is 17.6. The molecule has 0 amide bonds. The summed E-state index contributed by atoms with van der Waals surface area (Å²) in [7, 11) is 0. The SMILES string of the molecule is N/N=C(\N)Cc1cc(Oc2ccc(Sc3ccccc3)cc2C(F)(F)F)cc(C(F)(F)F)c1. The van der Waals surface area contributed by atoms with Gasteiger partial charge in [-0.15, -0.1) is 0 Å². The summed E-state index contributed by atoms with van der Waals surface area (Å²) in [5.41, 5.74) is 3.28. The second-order valence-electron chi connectivity index (χ2n) is 6.83. The summed E-state index contributed by atoms with van der Waals surface area (Å²) in [6.45, 7) is 0. The minimum absolute atomic E-state index is 0.0244. The Hall–Kier alpha value is -3.34. The molecule has 0 aromatic heterocycles. The molecule has 11 heteroatoms. The minimum atomic E-state index is -4.80. The Morgan fingerprint density at radius 3 is 2.15 bits per heavy atom. The highest BCUT2D eigenvalue weighted by Crippen LogP contribution is 2.42. The summed E-state index contributed by atoms with van der Waals surface area (Å²) in [6, 6.07) is 14.7. The third-order valence-electron chi connectivity index (χ3n) is 4.31. The molecule has 0 bridgehead atoms. The Labute approximate surface area is 189 Å². The molecule has 4 N–H and O–H groups in total. The molecule has 0 spiro atoms. The smallest absolute Gasteiger partial charge is 0.420 e. The largest absolute Gasteiger partial charge is 0.457 e. The lowest BCUT2D eigenvalue weighted by Crippen LogP contribution is -2.17. The van der Waals surface area contributed by atoms with Crippen molar-refractivity contribution >= 4 is 17.6 Å². The van der Waals surface area contributed by atoms with Crippen LogP contribution in [0.1, 0.15) is 16.7 Å². The maximum atomic E-state index is 13.7. The maximum absolute atomic E-state index is 13.7. The van der Waals surface area contributed by atoms with Gasteiger partial charge >= 0.3 is 12.4 Å². The van der Waals surface area contributed by atoms with Crippen LogP contribution in [0.5, 0.6) is 11.5 Å². The second kappa shape index (κ2) is 9.65. The fourth-order valence-corrected chi connectivity index (χ4v) is 3.75. The first-order chi connectivity index (χ1) is 15.5. The van der Waals surface area contributed by atoms with Gasteiger partial charge in [0, 0.05) is 16.2 Å². The average molecular weight is 485 g/mol. The van der Waals surface area contributed by atoms with Gasteiger partial charge in [0.2, 0.25) is 0 Å². The predicted molar refractivity (Wildman–Crippen MR) is 113 cm³/mol. The fraction of sp³-hybridized carbons (Fsp3) is 0.136. The highest BCUT2D eigenvalue weighted by Gasteiger charge is 2.36. The van der Waals surface area contributed by atoms with Crippen LogP contribution in [0, 0.1) is 0 Å². The third-order valence-corrected chi connectivity index (χ3v) is 5.31. The number of hydrazone groups is 1. The molecule has 0 aliphatic rings. The number of amidine groups is 1. The van der Waals surface area contributed by atoms with Gasteiger partial charge in [0.15, 0.2) is 0 Å². The molecular formula is C22H17F6N3OS. The highest BCUT2D eigenvalue weighted by atomic mass is 32.2. The number of hydrogen-bond acceptors (Lipinski definition) is 4. The first-order valence-corrected chi connectivity index (χ1v) is 10.1. The Balaban J connectivity index is 2.00. The first-order valence-electron chi connectivity index (χ1n) is 9.31. The number of benzene rings is 3. The number of halogens is 6. The summed E-state index contributed by atoms with van der Waals surface area (Å²) in [5, 5.41) is 3.20. The van der Waals surface area contributed by atoms with Crippen molar-refractivity contribution in [2.45, 2.75) is 28.6 Å². The van der Waals surface area contributed by atoms with Gasteiger partial charge in [-0.2, -0.15) is 31.4 Å². The van der Waals surface area contributed by atoms with Gasteiger partial charge in [-0.05, 0) is 54.1 Å². The highest BCUT2D eigenvalue weighted by molar-refractivity contribution is 7.99. The maximum Gasteiger partial charge on any atom is 0.420 e. The predicted octanol–water partition coefficient (Wildman–Crippen LogP) is 6.44. The topological polar surface area (TPSA) is 73.6 Å². The van der Waals surface area contributed by atoms with E-state index in [0.717, 1.165) is 40.9 Å². The number of nitrogens with zero attached hydrogens (tertiary/aromatic N) is 1. The van der Waals surface area contributed by atoms with E-state index in [4.69, 9.17) is 16.3 Å². The third kappa shape index (κ3) is 6.58. The lowest BCUT2D eigenvalue weighted by Gasteiger charge is -2.17. The van der Waals surface area contributed by atoms with E-state index in [1.54, 1.807) is 30.3 Å². The van der Waals surface area contributed by atoms with Crippen molar-refractivity contribution in [3.63, 3.8) is 0 Å². The average Bonchev–Trinajstić information content (AvgIpc) is 2.74. The van der Waals surface area contributed by atoms with Crippen LogP contribution in [-0.2, 0) is 18.8 Å². The Kier molecular flexibility index (Phi) is 7.11. The normalized spacial score (nSPS) is 12.6. The fourth-order valence-electron chi connectivity index (χ4n) is 2.87. The molecule has 3 aromatic rings. The van der Waals surface area contributed by atoms with Crippen molar-refractivity contribution in [1.29, 1.82) is 0 Å². The molecule has 0 atom stereocenters. The number of ether oxygens (including phenoxy) is 1. The molecular weight excluding hydrogens is 468 g/mol. The van der Waals surface area contributed by atoms with Crippen LogP contribution in [0.25, 0.3) is 0 Å². The first kappa shape index (κ1) is 24.3. The molecule has 0 saturated carbocycles. The van der Waals surface area contributed by atoms with Crippen LogP contribution < -0.4 is 16.3 Å². The molecule has 174 valence electrons. The lowest BCUT2D eigenvalue weighted by molar-refractivity contribution is -0.139. The Morgan fingerprint density at radius 1 is 0.848 bits per heavy atom. The molecule has 0 aliphatic carbocycles. The van der Waals surface area contributed by atoms with Crippen LogP contribution in [0.15, 0.2) is 81.6 Å². The summed E-state index contributed by atoms with van der Waals surface area (Å²) >= 11 is 1.11. The molecule has 0 aliphatic heterocycles. The zero-order chi connectivity index (χ0) is 24.2. The summed E-state index contributed by atoms with van der Waals surface area (Å²) in [4.78, 5) is 1.01. The molecule has 0 radical (unpaired) electrons. The van der Waals surface area contributed by atoms with E-state index >= 15 is 0 Å². The van der Waals surface area contributed by atoms with Gasteiger partial charge in [0.25, 0.3) is 0 Å². The van der Waals surface area contributed by atoms with E-state index in [1.807, 2.05) is 0 Å². The van der Waals surface area contributed by atoms with Crippen LogP contribution in [0.4, 0.5) is 26.3 Å². The molecule has 0 fully saturated rings. The Morgan fingerprint density at radius 2 is 1.55 bits per heavy atom. The van der Waals surface area contributed by atoms with Crippen molar-refractivity contribution in [3.8, 4) is 11.5 Å². The van der Waals surface area contributed by atoms with Gasteiger partial charge in [-0.3, -0.25) is 0 Å². The van der Waals surface area contributed by atoms with Crippen molar-refractivity contribution in [3.05, 3.63) is 83.4 Å². The van der Waals surface area contributed by atoms with Crippen molar-refractivity contribution in [1.82, 2.24) is 0 Å². The second-order valence-corrected chi connectivity index (χ2v) is 7.98. The van der Waals surface area contributed by atoms with Crippen molar-refractivity contribution < 1.29 is 31.1 Å². The number of rotatable bonds is 6. The van der Waals surface area contributed by atoms with E-state index in [9.17, 15) is 26.3 Å². The molecule has 0 unspecified atom stereocenters. The molecule has 33 heavy (non-hydrogen) atoms. The number of nitrogens with two attached hydrogens (primary N) is 2. The molecule has 0 heterocycles. The van der Waals surface area contributed by atoms with E-state index in [-0.39, 0.29) is 22.7 Å². The van der Waals surface area contributed by atoms with Crippen LogP contribution in [0.2, 0.25) is 0 Å². The van der Waals surface area contributed by atoms with Crippen LogP contribution in [-0.4, -0.2) is 5.84 Å². The van der Waals surface area contributed by atoms with Gasteiger partial charge in [0.1, 0.15) is 17.3 Å². The van der Waals surface area contributed by atoms with E-state index < -0.39 is 35.0 Å². The van der Waals surface area contributed by atoms with Gasteiger partial charge in [-0.25, -0.2) is 0 Å². The van der Waals surface area contributed by atoms with Crippen molar-refractivity contribution in [2.75, 3.05) is 0 Å². The van der Waals surface area contributed by atoms with Crippen LogP contribution >= 0.6 is 11.8 Å². The Bertz CT molecular complexity index is 1150. The number of alkyl halides is 6. The molecule has 0 saturated heterocycles. The van der Waals surface area contributed by atoms with E-state index in [2.05, 4.69) is 5.10 Å². The molecule has 3 aromatic carbocycles. The summed E-state index contributed by atoms with van der Waals surface area (Å²) in [6.07, 6.45) is -9.80. The summed E-state index contributed by atoms with van der Waals surface area (Å²) in [5.74, 6) is 3.81. The standard InChI is InChI=1S/C22H17F6N3OS/c23-21(24,25)14-8-13(10-20(29)31-30)9-15(11-14)32-19-7-6-17(12-18(19)22(26,27)28)33-16-4-2-1-3-5-16/h1-9,11-12H,10,30H2,(H2,29,31). The van der Waals surface area contributed by atoms with Crippen LogP contribution in [0.3, 0.4) is 0 Å². The minimum Gasteiger partial charge on any atom is -0.457 e. The van der Waals surface area contributed by atoms with Gasteiger partial charge < -0.3 is 16.3 Å². The molecule has 4 nitrogen and oxygen atoms in total. The molecule has 3 rings (SSSR count). The zero-order valence-electron chi connectivity index (χ0n) is 16.7. The quantitative estimate of drug-likeness (QED) is 0.139. The van der Waals surface area contributed by atoms with E-state index in [1.165, 1.54) is 6.07 Å². The lowest BCUT2D eigenvalue weighted by atomic mass is 10.1. The van der Waals surface area contributed by atoms with E-state index in [0.29, 0.717) is 6.07 Å². The monoisotopic (exact) mass is 485 g/mol. The van der Waals surface area contributed by atoms with Crippen molar-refractivity contribution in [2.24, 2.45) is 16.7 Å².